The fraction of sp³-hybridized carbons (Fsp3) is 0.0588. The zero-order chi connectivity index (χ0) is 16.8. The van der Waals surface area contributed by atoms with Crippen LogP contribution < -0.4 is 10.6 Å². The van der Waals surface area contributed by atoms with Crippen molar-refractivity contribution in [2.24, 2.45) is 0 Å². The minimum absolute atomic E-state index is 0.290. The van der Waals surface area contributed by atoms with E-state index < -0.39 is 0 Å². The van der Waals surface area contributed by atoms with Crippen LogP contribution in [0.5, 0.6) is 0 Å². The van der Waals surface area contributed by atoms with Crippen LogP contribution in [0.4, 0.5) is 11.5 Å². The number of halogens is 1. The highest BCUT2D eigenvalue weighted by molar-refractivity contribution is 9.10. The molecule has 0 radical (unpaired) electrons. The smallest absolute Gasteiger partial charge is 0.274 e. The lowest BCUT2D eigenvalue weighted by molar-refractivity contribution is 0.102. The molecule has 1 amide bonds. The molecule has 0 saturated carbocycles. The monoisotopic (exact) mass is 383 g/mol. The van der Waals surface area contributed by atoms with Gasteiger partial charge in [-0.25, -0.2) is 9.97 Å². The van der Waals surface area contributed by atoms with Crippen LogP contribution >= 0.6 is 15.9 Å². The zero-order valence-electron chi connectivity index (χ0n) is 12.6. The molecule has 2 heterocycles. The summed E-state index contributed by atoms with van der Waals surface area (Å²) in [6.45, 7) is 0.588. The Kier molecular flexibility index (Phi) is 5.12. The van der Waals surface area contributed by atoms with Crippen molar-refractivity contribution >= 4 is 33.3 Å². The molecule has 2 aromatic heterocycles. The van der Waals surface area contributed by atoms with E-state index in [0.717, 1.165) is 10.0 Å². The van der Waals surface area contributed by atoms with Gasteiger partial charge in [-0.1, -0.05) is 12.1 Å². The van der Waals surface area contributed by atoms with Crippen molar-refractivity contribution in [1.82, 2.24) is 15.0 Å². The molecule has 0 aliphatic heterocycles. The molecule has 0 aliphatic rings. The SMILES string of the molecule is O=C(Nc1ccccc1Br)c1cc(NCc2ccncc2)ncn1. The Morgan fingerprint density at radius 3 is 2.67 bits per heavy atom. The van der Waals surface area contributed by atoms with Gasteiger partial charge in [0.25, 0.3) is 5.91 Å². The van der Waals surface area contributed by atoms with Crippen LogP contribution in [0.2, 0.25) is 0 Å². The van der Waals surface area contributed by atoms with Crippen LogP contribution in [0.1, 0.15) is 16.1 Å². The summed E-state index contributed by atoms with van der Waals surface area (Å²) in [6.07, 6.45) is 4.82. The van der Waals surface area contributed by atoms with Gasteiger partial charge in [0.15, 0.2) is 0 Å². The molecule has 1 aromatic carbocycles. The minimum atomic E-state index is -0.295. The Morgan fingerprint density at radius 1 is 1.08 bits per heavy atom. The number of pyridine rings is 1. The maximum absolute atomic E-state index is 12.3. The lowest BCUT2D eigenvalue weighted by Crippen LogP contribution is -2.15. The van der Waals surface area contributed by atoms with Gasteiger partial charge in [0, 0.05) is 29.5 Å². The Labute approximate surface area is 147 Å². The third-order valence-corrected chi connectivity index (χ3v) is 3.94. The van der Waals surface area contributed by atoms with Crippen molar-refractivity contribution in [1.29, 1.82) is 0 Å². The number of amides is 1. The van der Waals surface area contributed by atoms with Crippen molar-refractivity contribution < 1.29 is 4.79 Å². The van der Waals surface area contributed by atoms with Gasteiger partial charge in [0.2, 0.25) is 0 Å². The van der Waals surface area contributed by atoms with E-state index in [9.17, 15) is 4.79 Å². The second-order valence-electron chi connectivity index (χ2n) is 4.93. The molecule has 0 bridgehead atoms. The summed E-state index contributed by atoms with van der Waals surface area (Å²) in [5.74, 6) is 0.287. The fourth-order valence-corrected chi connectivity index (χ4v) is 2.40. The number of hydrogen-bond donors (Lipinski definition) is 2. The van der Waals surface area contributed by atoms with E-state index in [-0.39, 0.29) is 11.6 Å². The van der Waals surface area contributed by atoms with E-state index in [0.29, 0.717) is 18.1 Å². The lowest BCUT2D eigenvalue weighted by Gasteiger charge is -2.08. The molecule has 0 atom stereocenters. The van der Waals surface area contributed by atoms with Crippen molar-refractivity contribution in [3.05, 3.63) is 76.9 Å². The maximum Gasteiger partial charge on any atom is 0.274 e. The predicted octanol–water partition coefficient (Wildman–Crippen LogP) is 3.50. The molecule has 3 aromatic rings. The van der Waals surface area contributed by atoms with Crippen LogP contribution in [0, 0.1) is 0 Å². The standard InChI is InChI=1S/C17H14BrN5O/c18-13-3-1-2-4-14(13)23-17(24)15-9-16(22-11-21-15)20-10-12-5-7-19-8-6-12/h1-9,11H,10H2,(H,23,24)(H,20,21,22). The van der Waals surface area contributed by atoms with Gasteiger partial charge in [0.05, 0.1) is 5.69 Å². The molecule has 0 aliphatic carbocycles. The van der Waals surface area contributed by atoms with Crippen LogP contribution in [0.25, 0.3) is 0 Å². The highest BCUT2D eigenvalue weighted by atomic mass is 79.9. The number of nitrogens with one attached hydrogen (secondary N) is 2. The highest BCUT2D eigenvalue weighted by Gasteiger charge is 2.10. The number of nitrogens with zero attached hydrogens (tertiary/aromatic N) is 3. The first kappa shape index (κ1) is 16.1. The van der Waals surface area contributed by atoms with Crippen LogP contribution in [-0.4, -0.2) is 20.9 Å². The number of hydrogen-bond acceptors (Lipinski definition) is 5. The van der Waals surface area contributed by atoms with Crippen LogP contribution in [-0.2, 0) is 6.54 Å². The van der Waals surface area contributed by atoms with E-state index in [1.54, 1.807) is 18.5 Å². The van der Waals surface area contributed by atoms with Crippen LogP contribution in [0.3, 0.4) is 0 Å². The van der Waals surface area contributed by atoms with Gasteiger partial charge in [-0.3, -0.25) is 9.78 Å². The second kappa shape index (κ2) is 7.65. The quantitative estimate of drug-likeness (QED) is 0.704. The summed E-state index contributed by atoms with van der Waals surface area (Å²) < 4.78 is 0.809. The molecular weight excluding hydrogens is 370 g/mol. The van der Waals surface area contributed by atoms with Gasteiger partial charge in [0.1, 0.15) is 17.8 Å². The summed E-state index contributed by atoms with van der Waals surface area (Å²) >= 11 is 3.40. The summed E-state index contributed by atoms with van der Waals surface area (Å²) in [7, 11) is 0. The third kappa shape index (κ3) is 4.14. The van der Waals surface area contributed by atoms with Gasteiger partial charge in [-0.2, -0.15) is 0 Å². The highest BCUT2D eigenvalue weighted by Crippen LogP contribution is 2.21. The van der Waals surface area contributed by atoms with Crippen LogP contribution in [0.15, 0.2) is 65.7 Å². The zero-order valence-corrected chi connectivity index (χ0v) is 14.2. The molecule has 24 heavy (non-hydrogen) atoms. The first-order valence-electron chi connectivity index (χ1n) is 7.23. The number of benzene rings is 1. The molecule has 2 N–H and O–H groups in total. The second-order valence-corrected chi connectivity index (χ2v) is 5.79. The summed E-state index contributed by atoms with van der Waals surface area (Å²) in [5, 5.41) is 5.98. The van der Waals surface area contributed by atoms with E-state index in [1.807, 2.05) is 36.4 Å². The maximum atomic E-state index is 12.3. The Bertz CT molecular complexity index is 841. The lowest BCUT2D eigenvalue weighted by atomic mass is 10.2. The molecule has 120 valence electrons. The molecular formula is C17H14BrN5O. The number of para-hydroxylation sites is 1. The summed E-state index contributed by atoms with van der Waals surface area (Å²) in [5.41, 5.74) is 2.05. The van der Waals surface area contributed by atoms with E-state index in [2.05, 4.69) is 41.5 Å². The van der Waals surface area contributed by atoms with Crippen molar-refractivity contribution in [2.45, 2.75) is 6.54 Å². The van der Waals surface area contributed by atoms with Crippen molar-refractivity contribution in [3.63, 3.8) is 0 Å². The number of carbonyl (C=O) groups excluding carboxylic acids is 1. The minimum Gasteiger partial charge on any atom is -0.366 e. The van der Waals surface area contributed by atoms with Gasteiger partial charge < -0.3 is 10.6 Å². The molecule has 7 heteroatoms. The number of carbonyl (C=O) groups is 1. The molecule has 0 saturated heterocycles. The fourth-order valence-electron chi connectivity index (χ4n) is 2.02. The molecule has 6 nitrogen and oxygen atoms in total. The molecule has 0 unspecified atom stereocenters. The molecule has 0 spiro atoms. The first-order chi connectivity index (χ1) is 11.7. The van der Waals surface area contributed by atoms with E-state index in [1.165, 1.54) is 6.33 Å². The topological polar surface area (TPSA) is 79.8 Å². The Hall–Kier alpha value is -2.80. The number of anilines is 2. The van der Waals surface area contributed by atoms with Gasteiger partial charge in [-0.05, 0) is 45.8 Å². The molecule has 3 rings (SSSR count). The van der Waals surface area contributed by atoms with E-state index in [4.69, 9.17) is 0 Å². The predicted molar refractivity (Wildman–Crippen MR) is 95.7 cm³/mol. The van der Waals surface area contributed by atoms with Gasteiger partial charge in [-0.15, -0.1) is 0 Å². The average Bonchev–Trinajstić information content (AvgIpc) is 2.63. The summed E-state index contributed by atoms with van der Waals surface area (Å²) in [6, 6.07) is 12.8. The Morgan fingerprint density at radius 2 is 1.88 bits per heavy atom. The molecule has 0 fully saturated rings. The number of rotatable bonds is 5. The van der Waals surface area contributed by atoms with Crippen molar-refractivity contribution in [3.8, 4) is 0 Å². The normalized spacial score (nSPS) is 10.2. The summed E-state index contributed by atoms with van der Waals surface area (Å²) in [4.78, 5) is 24.5. The Balaban J connectivity index is 1.68. The largest absolute Gasteiger partial charge is 0.366 e. The average molecular weight is 384 g/mol. The third-order valence-electron chi connectivity index (χ3n) is 3.24. The van der Waals surface area contributed by atoms with Crippen molar-refractivity contribution in [2.75, 3.05) is 10.6 Å². The van der Waals surface area contributed by atoms with E-state index >= 15 is 0 Å². The number of aromatic nitrogens is 3. The first-order valence-corrected chi connectivity index (χ1v) is 8.02. The van der Waals surface area contributed by atoms with Gasteiger partial charge >= 0.3 is 0 Å².